The molecule has 1 heterocycles. The molecule has 0 aromatic rings. The molecule has 1 rings (SSSR count). The van der Waals surface area contributed by atoms with Gasteiger partial charge in [0.2, 0.25) is 0 Å². The summed E-state index contributed by atoms with van der Waals surface area (Å²) in [5.41, 5.74) is 1.20. The van der Waals surface area contributed by atoms with E-state index in [1.54, 1.807) is 6.20 Å². The minimum Gasteiger partial charge on any atom is -0.357 e. The topological polar surface area (TPSA) is 24.4 Å². The smallest absolute Gasteiger partial charge is 0.196 e. The molecule has 0 aromatic heterocycles. The van der Waals surface area contributed by atoms with E-state index in [9.17, 15) is 0 Å². The molecular weight excluding hydrogens is 124 g/mol. The van der Waals surface area contributed by atoms with Crippen molar-refractivity contribution in [3.05, 3.63) is 11.8 Å². The quantitative estimate of drug-likeness (QED) is 0.488. The van der Waals surface area contributed by atoms with Gasteiger partial charge in [-0.25, -0.2) is 4.99 Å². The third-order valence-corrected chi connectivity index (χ3v) is 1.14. The van der Waals surface area contributed by atoms with Crippen molar-refractivity contribution in [1.29, 1.82) is 0 Å². The molecular formula is C5H7ClN2. The third-order valence-electron chi connectivity index (χ3n) is 0.911. The summed E-state index contributed by atoms with van der Waals surface area (Å²) in [6, 6.07) is 0. The van der Waals surface area contributed by atoms with Crippen LogP contribution >= 0.6 is 11.6 Å². The van der Waals surface area contributed by atoms with Gasteiger partial charge in [0.25, 0.3) is 0 Å². The number of aliphatic imine (C=N–C) groups is 1. The molecule has 0 saturated heterocycles. The summed E-state index contributed by atoms with van der Waals surface area (Å²) in [5, 5.41) is 3.36. The second-order valence-electron chi connectivity index (χ2n) is 1.75. The Labute approximate surface area is 53.3 Å². The second-order valence-corrected chi connectivity index (χ2v) is 2.11. The van der Waals surface area contributed by atoms with Gasteiger partial charge in [-0.3, -0.25) is 0 Å². The van der Waals surface area contributed by atoms with Gasteiger partial charge in [-0.1, -0.05) is 0 Å². The zero-order valence-electron chi connectivity index (χ0n) is 4.61. The Morgan fingerprint density at radius 1 is 1.88 bits per heavy atom. The van der Waals surface area contributed by atoms with Crippen LogP contribution in [-0.4, -0.2) is 11.8 Å². The molecule has 2 nitrogen and oxygen atoms in total. The summed E-state index contributed by atoms with van der Waals surface area (Å²) < 4.78 is 0. The molecule has 1 aliphatic rings. The average Bonchev–Trinajstić information content (AvgIpc) is 1.77. The van der Waals surface area contributed by atoms with Gasteiger partial charge in [0.15, 0.2) is 5.29 Å². The predicted molar refractivity (Wildman–Crippen MR) is 35.0 cm³/mol. The zero-order chi connectivity index (χ0) is 5.98. The van der Waals surface area contributed by atoms with Gasteiger partial charge in [-0.15, -0.1) is 0 Å². The maximum Gasteiger partial charge on any atom is 0.196 e. The van der Waals surface area contributed by atoms with E-state index in [-0.39, 0.29) is 0 Å². The van der Waals surface area contributed by atoms with Crippen LogP contribution in [0.15, 0.2) is 16.8 Å². The van der Waals surface area contributed by atoms with Crippen LogP contribution in [0.3, 0.4) is 0 Å². The highest BCUT2D eigenvalue weighted by Gasteiger charge is 1.96. The van der Waals surface area contributed by atoms with Crippen molar-refractivity contribution in [2.24, 2.45) is 4.99 Å². The van der Waals surface area contributed by atoms with E-state index in [1.807, 2.05) is 6.92 Å². The van der Waals surface area contributed by atoms with Gasteiger partial charge in [0.05, 0.1) is 0 Å². The first-order valence-corrected chi connectivity index (χ1v) is 2.79. The third kappa shape index (κ3) is 1.23. The Morgan fingerprint density at radius 3 is 3.00 bits per heavy atom. The minimum absolute atomic E-state index is 0.482. The van der Waals surface area contributed by atoms with Crippen molar-refractivity contribution in [2.75, 3.05) is 6.54 Å². The van der Waals surface area contributed by atoms with E-state index in [0.717, 1.165) is 6.54 Å². The predicted octanol–water partition coefficient (Wildman–Crippen LogP) is 1.09. The fraction of sp³-hybridized carbons (Fsp3) is 0.400. The van der Waals surface area contributed by atoms with Crippen LogP contribution in [0.5, 0.6) is 0 Å². The number of nitrogens with one attached hydrogen (secondary N) is 1. The number of amidine groups is 1. The number of rotatable bonds is 0. The van der Waals surface area contributed by atoms with Crippen LogP contribution in [0.4, 0.5) is 0 Å². The molecule has 0 aliphatic carbocycles. The first-order chi connectivity index (χ1) is 3.79. The summed E-state index contributed by atoms with van der Waals surface area (Å²) in [6.07, 6.45) is 1.76. The Balaban J connectivity index is 2.65. The van der Waals surface area contributed by atoms with E-state index >= 15 is 0 Å². The lowest BCUT2D eigenvalue weighted by atomic mass is 10.3. The highest BCUT2D eigenvalue weighted by atomic mass is 35.5. The fourth-order valence-electron chi connectivity index (χ4n) is 0.471. The Hall–Kier alpha value is -0.500. The van der Waals surface area contributed by atoms with Crippen LogP contribution < -0.4 is 5.32 Å². The Kier molecular flexibility index (Phi) is 1.53. The van der Waals surface area contributed by atoms with Crippen LogP contribution in [0.25, 0.3) is 0 Å². The molecule has 0 fully saturated rings. The maximum atomic E-state index is 5.48. The first-order valence-electron chi connectivity index (χ1n) is 2.42. The molecule has 0 spiro atoms. The minimum atomic E-state index is 0.482. The van der Waals surface area contributed by atoms with Crippen LogP contribution in [-0.2, 0) is 0 Å². The molecule has 8 heavy (non-hydrogen) atoms. The number of hydrogen-bond donors (Lipinski definition) is 1. The molecule has 0 radical (unpaired) electrons. The lowest BCUT2D eigenvalue weighted by Gasteiger charge is -2.06. The number of hydrogen-bond acceptors (Lipinski definition) is 2. The Morgan fingerprint density at radius 2 is 2.62 bits per heavy atom. The van der Waals surface area contributed by atoms with E-state index < -0.39 is 0 Å². The summed E-state index contributed by atoms with van der Waals surface area (Å²) in [4.78, 5) is 3.82. The summed E-state index contributed by atoms with van der Waals surface area (Å²) in [5.74, 6) is 0. The SMILES string of the molecule is CC1=CN=C(Cl)NC1. The van der Waals surface area contributed by atoms with Crippen molar-refractivity contribution >= 4 is 16.9 Å². The van der Waals surface area contributed by atoms with Crippen molar-refractivity contribution in [3.8, 4) is 0 Å². The van der Waals surface area contributed by atoms with E-state index in [4.69, 9.17) is 11.6 Å². The fourth-order valence-corrected chi connectivity index (χ4v) is 0.586. The van der Waals surface area contributed by atoms with Crippen LogP contribution in [0.1, 0.15) is 6.92 Å². The van der Waals surface area contributed by atoms with E-state index in [2.05, 4.69) is 10.3 Å². The average molecular weight is 131 g/mol. The number of nitrogens with zero attached hydrogens (tertiary/aromatic N) is 1. The summed E-state index contributed by atoms with van der Waals surface area (Å²) in [7, 11) is 0. The molecule has 3 heteroatoms. The van der Waals surface area contributed by atoms with E-state index in [1.165, 1.54) is 5.57 Å². The van der Waals surface area contributed by atoms with Crippen molar-refractivity contribution < 1.29 is 0 Å². The molecule has 44 valence electrons. The normalized spacial score (nSPS) is 18.8. The van der Waals surface area contributed by atoms with Gasteiger partial charge in [-0.2, -0.15) is 0 Å². The lowest BCUT2D eigenvalue weighted by Crippen LogP contribution is -2.22. The Bertz CT molecular complexity index is 131. The summed E-state index contributed by atoms with van der Waals surface area (Å²) in [6.45, 7) is 2.82. The largest absolute Gasteiger partial charge is 0.357 e. The van der Waals surface area contributed by atoms with Crippen molar-refractivity contribution in [1.82, 2.24) is 5.32 Å². The molecule has 0 atom stereocenters. The van der Waals surface area contributed by atoms with Crippen LogP contribution in [0, 0.1) is 0 Å². The van der Waals surface area contributed by atoms with Crippen molar-refractivity contribution in [3.63, 3.8) is 0 Å². The van der Waals surface area contributed by atoms with E-state index in [0.29, 0.717) is 5.29 Å². The van der Waals surface area contributed by atoms with Gasteiger partial charge in [0.1, 0.15) is 0 Å². The second kappa shape index (κ2) is 2.18. The van der Waals surface area contributed by atoms with Crippen molar-refractivity contribution in [2.45, 2.75) is 6.92 Å². The highest BCUT2D eigenvalue weighted by molar-refractivity contribution is 6.64. The first kappa shape index (κ1) is 5.63. The monoisotopic (exact) mass is 130 g/mol. The molecule has 0 bridgehead atoms. The lowest BCUT2D eigenvalue weighted by molar-refractivity contribution is 0.965. The molecule has 0 aromatic carbocycles. The van der Waals surface area contributed by atoms with Gasteiger partial charge in [0, 0.05) is 12.7 Å². The molecule has 0 unspecified atom stereocenters. The molecule has 0 saturated carbocycles. The molecule has 0 amide bonds. The highest BCUT2D eigenvalue weighted by Crippen LogP contribution is 1.97. The molecule has 1 aliphatic heterocycles. The standard InChI is InChI=1S/C5H7ClN2/c1-4-2-7-5(6)8-3-4/h2H,3H2,1H3,(H,7,8). The summed E-state index contributed by atoms with van der Waals surface area (Å²) >= 11 is 5.48. The van der Waals surface area contributed by atoms with Crippen LogP contribution in [0.2, 0.25) is 0 Å². The van der Waals surface area contributed by atoms with Gasteiger partial charge >= 0.3 is 0 Å². The number of halogens is 1. The zero-order valence-corrected chi connectivity index (χ0v) is 5.37. The maximum absolute atomic E-state index is 5.48. The van der Waals surface area contributed by atoms with Gasteiger partial charge < -0.3 is 5.32 Å². The molecule has 1 N–H and O–H groups in total. The van der Waals surface area contributed by atoms with Gasteiger partial charge in [-0.05, 0) is 24.1 Å².